The van der Waals surface area contributed by atoms with Crippen molar-refractivity contribution in [3.8, 4) is 17.2 Å². The van der Waals surface area contributed by atoms with Crippen LogP contribution in [0.25, 0.3) is 0 Å². The van der Waals surface area contributed by atoms with Crippen molar-refractivity contribution in [2.45, 2.75) is 12.1 Å². The Balaban J connectivity index is 1.80. The number of rotatable bonds is 3. The molecule has 4 nitrogen and oxygen atoms in total. The SMILES string of the molecule is COc1ccc(C(N)C2COc3ccccc3O2)cc1Br. The molecule has 0 saturated carbocycles. The van der Waals surface area contributed by atoms with Crippen LogP contribution in [0.1, 0.15) is 11.6 Å². The van der Waals surface area contributed by atoms with E-state index in [1.165, 1.54) is 0 Å². The summed E-state index contributed by atoms with van der Waals surface area (Å²) in [5.41, 5.74) is 7.29. The number of methoxy groups -OCH3 is 1. The molecule has 0 fully saturated rings. The van der Waals surface area contributed by atoms with Crippen LogP contribution in [0.3, 0.4) is 0 Å². The molecule has 2 aromatic rings. The minimum atomic E-state index is -0.277. The summed E-state index contributed by atoms with van der Waals surface area (Å²) >= 11 is 3.47. The van der Waals surface area contributed by atoms with Gasteiger partial charge >= 0.3 is 0 Å². The molecule has 0 bridgehead atoms. The van der Waals surface area contributed by atoms with Gasteiger partial charge in [-0.25, -0.2) is 0 Å². The third-order valence-electron chi connectivity index (χ3n) is 3.49. The molecule has 2 atom stereocenters. The van der Waals surface area contributed by atoms with Crippen molar-refractivity contribution in [1.82, 2.24) is 0 Å². The van der Waals surface area contributed by atoms with Crippen LogP contribution < -0.4 is 19.9 Å². The van der Waals surface area contributed by atoms with Crippen molar-refractivity contribution in [3.05, 3.63) is 52.5 Å². The van der Waals surface area contributed by atoms with E-state index in [4.69, 9.17) is 19.9 Å². The van der Waals surface area contributed by atoms with E-state index >= 15 is 0 Å². The van der Waals surface area contributed by atoms with Gasteiger partial charge in [-0.2, -0.15) is 0 Å². The van der Waals surface area contributed by atoms with E-state index in [1.807, 2.05) is 42.5 Å². The molecule has 0 aromatic heterocycles. The summed E-state index contributed by atoms with van der Waals surface area (Å²) in [6.45, 7) is 0.432. The molecule has 1 aliphatic heterocycles. The van der Waals surface area contributed by atoms with Crippen LogP contribution in [-0.2, 0) is 0 Å². The molecule has 110 valence electrons. The van der Waals surface area contributed by atoms with E-state index in [2.05, 4.69) is 15.9 Å². The van der Waals surface area contributed by atoms with Gasteiger partial charge in [0.05, 0.1) is 17.6 Å². The lowest BCUT2D eigenvalue weighted by atomic mass is 10.0. The Morgan fingerprint density at radius 1 is 1.24 bits per heavy atom. The van der Waals surface area contributed by atoms with Gasteiger partial charge in [0.2, 0.25) is 0 Å². The number of hydrogen-bond donors (Lipinski definition) is 1. The van der Waals surface area contributed by atoms with Gasteiger partial charge in [0, 0.05) is 0 Å². The van der Waals surface area contributed by atoms with Crippen molar-refractivity contribution < 1.29 is 14.2 Å². The van der Waals surface area contributed by atoms with Gasteiger partial charge in [-0.1, -0.05) is 18.2 Å². The van der Waals surface area contributed by atoms with Crippen LogP contribution in [0.5, 0.6) is 17.2 Å². The molecule has 0 amide bonds. The average Bonchev–Trinajstić information content (AvgIpc) is 2.53. The highest BCUT2D eigenvalue weighted by molar-refractivity contribution is 9.10. The zero-order valence-corrected chi connectivity index (χ0v) is 13.2. The fourth-order valence-corrected chi connectivity index (χ4v) is 2.88. The zero-order chi connectivity index (χ0) is 14.8. The summed E-state index contributed by atoms with van der Waals surface area (Å²) < 4.78 is 17.8. The van der Waals surface area contributed by atoms with Gasteiger partial charge in [0.25, 0.3) is 0 Å². The van der Waals surface area contributed by atoms with Crippen LogP contribution in [0.2, 0.25) is 0 Å². The van der Waals surface area contributed by atoms with E-state index in [0.717, 1.165) is 27.3 Å². The lowest BCUT2D eigenvalue weighted by molar-refractivity contribution is 0.0721. The molecule has 0 radical (unpaired) electrons. The second-order valence-electron chi connectivity index (χ2n) is 4.83. The first kappa shape index (κ1) is 14.2. The highest BCUT2D eigenvalue weighted by Gasteiger charge is 2.27. The van der Waals surface area contributed by atoms with E-state index in [9.17, 15) is 0 Å². The molecular formula is C16H16BrNO3. The Bertz CT molecular complexity index is 647. The predicted molar refractivity (Wildman–Crippen MR) is 84.0 cm³/mol. The van der Waals surface area contributed by atoms with Crippen LogP contribution in [0.15, 0.2) is 46.9 Å². The molecule has 2 N–H and O–H groups in total. The van der Waals surface area contributed by atoms with Crippen molar-refractivity contribution in [1.29, 1.82) is 0 Å². The fraction of sp³-hybridized carbons (Fsp3) is 0.250. The maximum atomic E-state index is 6.32. The van der Waals surface area contributed by atoms with Crippen molar-refractivity contribution >= 4 is 15.9 Å². The third-order valence-corrected chi connectivity index (χ3v) is 4.11. The predicted octanol–water partition coefficient (Wildman–Crippen LogP) is 3.30. The van der Waals surface area contributed by atoms with Crippen molar-refractivity contribution in [2.24, 2.45) is 5.73 Å². The smallest absolute Gasteiger partial charge is 0.161 e. The minimum Gasteiger partial charge on any atom is -0.496 e. The summed E-state index contributed by atoms with van der Waals surface area (Å²) in [5, 5.41) is 0. The number of para-hydroxylation sites is 2. The molecule has 1 aliphatic rings. The third kappa shape index (κ3) is 2.84. The second-order valence-corrected chi connectivity index (χ2v) is 5.69. The first-order valence-electron chi connectivity index (χ1n) is 6.66. The largest absolute Gasteiger partial charge is 0.496 e. The number of nitrogens with two attached hydrogens (primary N) is 1. The number of hydrogen-bond acceptors (Lipinski definition) is 4. The van der Waals surface area contributed by atoms with Crippen LogP contribution in [-0.4, -0.2) is 19.8 Å². The standard InChI is InChI=1S/C16H16BrNO3/c1-19-12-7-6-10(8-11(12)17)16(18)15-9-20-13-4-2-3-5-14(13)21-15/h2-8,15-16H,9,18H2,1H3. The molecule has 2 unspecified atom stereocenters. The van der Waals surface area contributed by atoms with Crippen molar-refractivity contribution in [2.75, 3.05) is 13.7 Å². The van der Waals surface area contributed by atoms with Gasteiger partial charge in [-0.05, 0) is 45.8 Å². The van der Waals surface area contributed by atoms with Crippen LogP contribution in [0.4, 0.5) is 0 Å². The molecule has 21 heavy (non-hydrogen) atoms. The van der Waals surface area contributed by atoms with E-state index < -0.39 is 0 Å². The summed E-state index contributed by atoms with van der Waals surface area (Å²) in [5.74, 6) is 2.27. The molecular weight excluding hydrogens is 334 g/mol. The van der Waals surface area contributed by atoms with E-state index in [-0.39, 0.29) is 12.1 Å². The Morgan fingerprint density at radius 3 is 2.71 bits per heavy atom. The number of halogens is 1. The Morgan fingerprint density at radius 2 is 2.00 bits per heavy atom. The first-order valence-corrected chi connectivity index (χ1v) is 7.46. The quantitative estimate of drug-likeness (QED) is 0.923. The lowest BCUT2D eigenvalue weighted by Gasteiger charge is -2.30. The Kier molecular flexibility index (Phi) is 4.03. The van der Waals surface area contributed by atoms with Crippen molar-refractivity contribution in [3.63, 3.8) is 0 Å². The zero-order valence-electron chi connectivity index (χ0n) is 11.6. The highest BCUT2D eigenvalue weighted by Crippen LogP contribution is 2.35. The van der Waals surface area contributed by atoms with Gasteiger partial charge in [-0.15, -0.1) is 0 Å². The summed E-state index contributed by atoms with van der Waals surface area (Å²) in [6.07, 6.45) is -0.222. The van der Waals surface area contributed by atoms with E-state index in [0.29, 0.717) is 6.61 Å². The first-order chi connectivity index (χ1) is 10.2. The fourth-order valence-electron chi connectivity index (χ4n) is 2.32. The average molecular weight is 350 g/mol. The maximum Gasteiger partial charge on any atom is 0.161 e. The van der Waals surface area contributed by atoms with Gasteiger partial charge in [0.1, 0.15) is 12.4 Å². The molecule has 5 heteroatoms. The minimum absolute atomic E-state index is 0.222. The lowest BCUT2D eigenvalue weighted by Crippen LogP contribution is -2.38. The molecule has 1 heterocycles. The van der Waals surface area contributed by atoms with E-state index in [1.54, 1.807) is 7.11 Å². The topological polar surface area (TPSA) is 53.7 Å². The molecule has 0 saturated heterocycles. The number of fused-ring (bicyclic) bond motifs is 1. The maximum absolute atomic E-state index is 6.32. The van der Waals surface area contributed by atoms with Crippen LogP contribution in [0, 0.1) is 0 Å². The summed E-state index contributed by atoms with van der Waals surface area (Å²) in [4.78, 5) is 0. The van der Waals surface area contributed by atoms with Gasteiger partial charge in [0.15, 0.2) is 17.6 Å². The summed E-state index contributed by atoms with van der Waals surface area (Å²) in [7, 11) is 1.63. The second kappa shape index (κ2) is 5.95. The molecule has 0 spiro atoms. The monoisotopic (exact) mass is 349 g/mol. The Labute approximate surface area is 131 Å². The molecule has 2 aromatic carbocycles. The number of ether oxygens (including phenoxy) is 3. The summed E-state index contributed by atoms with van der Waals surface area (Å²) in [6, 6.07) is 13.1. The normalized spacial score (nSPS) is 18.1. The molecule has 0 aliphatic carbocycles. The highest BCUT2D eigenvalue weighted by atomic mass is 79.9. The van der Waals surface area contributed by atoms with Crippen LogP contribution >= 0.6 is 15.9 Å². The number of benzene rings is 2. The van der Waals surface area contributed by atoms with Gasteiger partial charge in [-0.3, -0.25) is 0 Å². The Hall–Kier alpha value is -1.72. The molecule has 3 rings (SSSR count). The van der Waals surface area contributed by atoms with Gasteiger partial charge < -0.3 is 19.9 Å².